The molecule has 0 atom stereocenters. The Morgan fingerprint density at radius 2 is 2.15 bits per heavy atom. The van der Waals surface area contributed by atoms with Crippen LogP contribution in [-0.2, 0) is 0 Å². The molecule has 2 rings (SSSR count). The summed E-state index contributed by atoms with van der Waals surface area (Å²) < 4.78 is 19.3. The number of hydrogen-bond acceptors (Lipinski definition) is 5. The molecule has 0 unspecified atom stereocenters. The molecule has 0 N–H and O–H groups in total. The molecule has 1 heterocycles. The quantitative estimate of drug-likeness (QED) is 0.369. The van der Waals surface area contributed by atoms with Crippen LogP contribution in [0.15, 0.2) is 17.0 Å². The molecular weight excluding hydrogens is 303 g/mol. The molecule has 1 aliphatic rings. The van der Waals surface area contributed by atoms with Gasteiger partial charge in [-0.2, -0.15) is 4.39 Å². The first kappa shape index (κ1) is 15.0. The topological polar surface area (TPSA) is 55.6 Å². The third-order valence-electron chi connectivity index (χ3n) is 2.98. The largest absolute Gasteiger partial charge is 0.497 e. The number of nitro groups is 1. The number of methoxy groups -OCH3 is 1. The average Bonchev–Trinajstić information content (AvgIpc) is 2.91. The highest BCUT2D eigenvalue weighted by atomic mass is 32.2. The second kappa shape index (κ2) is 6.36. The van der Waals surface area contributed by atoms with E-state index in [1.54, 1.807) is 0 Å². The Hall–Kier alpha value is -1.41. The molecule has 0 aliphatic carbocycles. The molecule has 8 heteroatoms. The standard InChI is InChI=1S/C12H13FN2O3S2/c1-18-8-6-9(13)11(15(16)17)10(7-8)20-12(19)14-4-2-3-5-14/h6-7H,2-5H2,1H3. The van der Waals surface area contributed by atoms with Gasteiger partial charge in [0.2, 0.25) is 5.82 Å². The summed E-state index contributed by atoms with van der Waals surface area (Å²) >= 11 is 6.30. The molecule has 5 nitrogen and oxygen atoms in total. The van der Waals surface area contributed by atoms with Crippen molar-refractivity contribution in [3.63, 3.8) is 0 Å². The number of benzene rings is 1. The molecule has 1 aromatic carbocycles. The van der Waals surface area contributed by atoms with Crippen molar-refractivity contribution in [3.8, 4) is 5.75 Å². The Morgan fingerprint density at radius 1 is 1.50 bits per heavy atom. The Balaban J connectivity index is 2.30. The molecule has 1 saturated heterocycles. The van der Waals surface area contributed by atoms with Gasteiger partial charge in [-0.3, -0.25) is 10.1 Å². The molecule has 0 aromatic heterocycles. The van der Waals surface area contributed by atoms with Crippen molar-refractivity contribution in [1.29, 1.82) is 0 Å². The minimum atomic E-state index is -0.916. The van der Waals surface area contributed by atoms with Gasteiger partial charge in [0.15, 0.2) is 0 Å². The van der Waals surface area contributed by atoms with Crippen LogP contribution >= 0.6 is 24.0 Å². The molecular formula is C12H13FN2O3S2. The minimum Gasteiger partial charge on any atom is -0.497 e. The van der Waals surface area contributed by atoms with Gasteiger partial charge in [-0.05, 0) is 12.8 Å². The van der Waals surface area contributed by atoms with Crippen molar-refractivity contribution in [3.05, 3.63) is 28.1 Å². The lowest BCUT2D eigenvalue weighted by molar-refractivity contribution is -0.390. The molecule has 1 aliphatic heterocycles. The van der Waals surface area contributed by atoms with E-state index >= 15 is 0 Å². The number of thiocarbonyl (C=S) groups is 1. The SMILES string of the molecule is COc1cc(F)c([N+](=O)[O-])c(SC(=S)N2CCCC2)c1. The second-order valence-electron chi connectivity index (χ2n) is 4.28. The van der Waals surface area contributed by atoms with Gasteiger partial charge in [0.25, 0.3) is 0 Å². The van der Waals surface area contributed by atoms with Crippen molar-refractivity contribution < 1.29 is 14.1 Å². The number of nitro benzene ring substituents is 1. The highest BCUT2D eigenvalue weighted by Crippen LogP contribution is 2.37. The second-order valence-corrected chi connectivity index (χ2v) is 5.95. The van der Waals surface area contributed by atoms with E-state index in [1.807, 2.05) is 4.90 Å². The van der Waals surface area contributed by atoms with E-state index in [-0.39, 0.29) is 10.6 Å². The van der Waals surface area contributed by atoms with E-state index in [2.05, 4.69) is 0 Å². The maximum Gasteiger partial charge on any atom is 0.318 e. The van der Waals surface area contributed by atoms with Crippen LogP contribution in [0.25, 0.3) is 0 Å². The Morgan fingerprint density at radius 3 is 2.70 bits per heavy atom. The third-order valence-corrected chi connectivity index (χ3v) is 4.45. The Bertz CT molecular complexity index is 548. The molecule has 20 heavy (non-hydrogen) atoms. The zero-order chi connectivity index (χ0) is 14.7. The van der Waals surface area contributed by atoms with Crippen molar-refractivity contribution in [1.82, 2.24) is 4.90 Å². The van der Waals surface area contributed by atoms with Gasteiger partial charge < -0.3 is 9.64 Å². The van der Waals surface area contributed by atoms with Gasteiger partial charge in [-0.15, -0.1) is 0 Å². The van der Waals surface area contributed by atoms with Gasteiger partial charge in [-0.25, -0.2) is 0 Å². The van der Waals surface area contributed by atoms with Crippen molar-refractivity contribution in [2.24, 2.45) is 0 Å². The van der Waals surface area contributed by atoms with Gasteiger partial charge in [0.1, 0.15) is 10.1 Å². The van der Waals surface area contributed by atoms with E-state index in [0.29, 0.717) is 4.32 Å². The van der Waals surface area contributed by atoms with Crippen LogP contribution in [0.3, 0.4) is 0 Å². The van der Waals surface area contributed by atoms with Gasteiger partial charge in [0.05, 0.1) is 16.9 Å². The van der Waals surface area contributed by atoms with E-state index in [0.717, 1.165) is 43.8 Å². The number of thioether (sulfide) groups is 1. The maximum atomic E-state index is 13.8. The summed E-state index contributed by atoms with van der Waals surface area (Å²) in [7, 11) is 1.38. The first-order valence-corrected chi connectivity index (χ1v) is 7.24. The summed E-state index contributed by atoms with van der Waals surface area (Å²) in [5.41, 5.74) is -0.558. The summed E-state index contributed by atoms with van der Waals surface area (Å²) in [6.07, 6.45) is 2.10. The lowest BCUT2D eigenvalue weighted by Crippen LogP contribution is -2.23. The van der Waals surface area contributed by atoms with Crippen molar-refractivity contribution >= 4 is 34.0 Å². The normalized spacial score (nSPS) is 14.4. The zero-order valence-electron chi connectivity index (χ0n) is 10.8. The molecule has 0 amide bonds. The first-order chi connectivity index (χ1) is 9.52. The molecule has 0 saturated carbocycles. The number of hydrogen-bond donors (Lipinski definition) is 0. The van der Waals surface area contributed by atoms with E-state index in [9.17, 15) is 14.5 Å². The van der Waals surface area contributed by atoms with Crippen LogP contribution in [0.1, 0.15) is 12.8 Å². The van der Waals surface area contributed by atoms with E-state index < -0.39 is 16.4 Å². The fraction of sp³-hybridized carbons (Fsp3) is 0.417. The molecule has 0 radical (unpaired) electrons. The van der Waals surface area contributed by atoms with Gasteiger partial charge in [0, 0.05) is 25.2 Å². The number of rotatable bonds is 3. The van der Waals surface area contributed by atoms with Crippen LogP contribution in [-0.4, -0.2) is 34.3 Å². The van der Waals surface area contributed by atoms with Crippen LogP contribution < -0.4 is 4.74 Å². The minimum absolute atomic E-state index is 0.170. The Kier molecular flexibility index (Phi) is 4.77. The summed E-state index contributed by atoms with van der Waals surface area (Å²) in [5.74, 6) is -0.680. The maximum absolute atomic E-state index is 13.8. The van der Waals surface area contributed by atoms with Crippen LogP contribution in [0.5, 0.6) is 5.75 Å². The molecule has 0 spiro atoms. The highest BCUT2D eigenvalue weighted by Gasteiger charge is 2.25. The molecule has 1 fully saturated rings. The van der Waals surface area contributed by atoms with Crippen LogP contribution in [0.2, 0.25) is 0 Å². The van der Waals surface area contributed by atoms with Crippen molar-refractivity contribution in [2.45, 2.75) is 17.7 Å². The zero-order valence-corrected chi connectivity index (χ0v) is 12.4. The van der Waals surface area contributed by atoms with Gasteiger partial charge >= 0.3 is 5.69 Å². The number of halogens is 1. The van der Waals surface area contributed by atoms with E-state index in [1.165, 1.54) is 13.2 Å². The number of nitrogens with zero attached hydrogens (tertiary/aromatic N) is 2. The third kappa shape index (κ3) is 3.18. The smallest absolute Gasteiger partial charge is 0.318 e. The van der Waals surface area contributed by atoms with Crippen molar-refractivity contribution in [2.75, 3.05) is 20.2 Å². The molecule has 0 bridgehead atoms. The highest BCUT2D eigenvalue weighted by molar-refractivity contribution is 8.23. The molecule has 108 valence electrons. The Labute approximate surface area is 125 Å². The first-order valence-electron chi connectivity index (χ1n) is 6.01. The van der Waals surface area contributed by atoms with Crippen LogP contribution in [0.4, 0.5) is 10.1 Å². The van der Waals surface area contributed by atoms with Crippen LogP contribution in [0, 0.1) is 15.9 Å². The summed E-state index contributed by atoms with van der Waals surface area (Å²) in [6, 6.07) is 2.44. The lowest BCUT2D eigenvalue weighted by Gasteiger charge is -2.17. The van der Waals surface area contributed by atoms with Gasteiger partial charge in [-0.1, -0.05) is 24.0 Å². The number of likely N-dealkylation sites (tertiary alicyclic amines) is 1. The lowest BCUT2D eigenvalue weighted by atomic mass is 10.3. The van der Waals surface area contributed by atoms with E-state index in [4.69, 9.17) is 17.0 Å². The predicted octanol–water partition coefficient (Wildman–Crippen LogP) is 3.22. The summed E-state index contributed by atoms with van der Waals surface area (Å²) in [6.45, 7) is 1.68. The predicted molar refractivity (Wildman–Crippen MR) is 78.9 cm³/mol. The fourth-order valence-electron chi connectivity index (χ4n) is 1.98. The fourth-order valence-corrected chi connectivity index (χ4v) is 3.38. The molecule has 1 aromatic rings. The summed E-state index contributed by atoms with van der Waals surface area (Å²) in [5, 5.41) is 11.0. The monoisotopic (exact) mass is 316 g/mol. The number of ether oxygens (including phenoxy) is 1. The summed E-state index contributed by atoms with van der Waals surface area (Å²) in [4.78, 5) is 12.4. The average molecular weight is 316 g/mol.